The van der Waals surface area contributed by atoms with Crippen molar-refractivity contribution in [2.45, 2.75) is 18.9 Å². The minimum absolute atomic E-state index is 0.468. The maximum Gasteiger partial charge on any atom is 0.174 e. The van der Waals surface area contributed by atoms with E-state index in [0.717, 1.165) is 24.1 Å². The summed E-state index contributed by atoms with van der Waals surface area (Å²) >= 11 is 5.86. The van der Waals surface area contributed by atoms with Gasteiger partial charge in [-0.05, 0) is 25.0 Å². The van der Waals surface area contributed by atoms with Crippen molar-refractivity contribution in [3.05, 3.63) is 29.3 Å². The Morgan fingerprint density at radius 2 is 1.94 bits per heavy atom. The van der Waals surface area contributed by atoms with Crippen molar-refractivity contribution >= 4 is 17.4 Å². The van der Waals surface area contributed by atoms with E-state index < -0.39 is 0 Å². The van der Waals surface area contributed by atoms with Crippen molar-refractivity contribution in [2.75, 3.05) is 5.73 Å². The number of nitrogens with zero attached hydrogens (tertiary/aromatic N) is 3. The first kappa shape index (κ1) is 9.66. The van der Waals surface area contributed by atoms with E-state index in [1.54, 1.807) is 0 Å². The highest BCUT2D eigenvalue weighted by Gasteiger charge is 2.28. The van der Waals surface area contributed by atoms with Crippen LogP contribution in [-0.2, 0) is 0 Å². The Balaban J connectivity index is 2.10. The summed E-state index contributed by atoms with van der Waals surface area (Å²) < 4.78 is 1.92. The van der Waals surface area contributed by atoms with E-state index in [-0.39, 0.29) is 0 Å². The number of rotatable bonds is 2. The van der Waals surface area contributed by atoms with Crippen molar-refractivity contribution < 1.29 is 0 Å². The number of nitrogens with two attached hydrogens (primary N) is 1. The van der Waals surface area contributed by atoms with E-state index in [1.807, 2.05) is 28.9 Å². The van der Waals surface area contributed by atoms with Gasteiger partial charge in [-0.3, -0.25) is 0 Å². The predicted octanol–water partition coefficient (Wildman–Crippen LogP) is 2.52. The molecular formula is C11H11ClN4. The Bertz CT molecular complexity index is 513. The highest BCUT2D eigenvalue weighted by atomic mass is 35.5. The van der Waals surface area contributed by atoms with Crippen LogP contribution in [0.1, 0.15) is 18.9 Å². The fourth-order valence-corrected chi connectivity index (χ4v) is 1.89. The third-order valence-corrected chi connectivity index (χ3v) is 2.98. The molecule has 4 nitrogen and oxygen atoms in total. The zero-order valence-electron chi connectivity index (χ0n) is 8.60. The topological polar surface area (TPSA) is 56.7 Å². The first-order valence-corrected chi connectivity index (χ1v) is 5.60. The molecule has 3 rings (SSSR count). The van der Waals surface area contributed by atoms with E-state index in [1.165, 1.54) is 0 Å². The van der Waals surface area contributed by atoms with Gasteiger partial charge in [-0.2, -0.15) is 0 Å². The van der Waals surface area contributed by atoms with Crippen molar-refractivity contribution in [3.8, 4) is 11.3 Å². The van der Waals surface area contributed by atoms with Gasteiger partial charge in [0.1, 0.15) is 5.69 Å². The van der Waals surface area contributed by atoms with Crippen molar-refractivity contribution in [1.82, 2.24) is 15.0 Å². The molecule has 1 aliphatic carbocycles. The Hall–Kier alpha value is -1.55. The summed E-state index contributed by atoms with van der Waals surface area (Å²) in [5, 5.41) is 8.74. The second-order valence-electron chi connectivity index (χ2n) is 4.01. The van der Waals surface area contributed by atoms with E-state index >= 15 is 0 Å². The van der Waals surface area contributed by atoms with Crippen molar-refractivity contribution in [1.29, 1.82) is 0 Å². The molecule has 0 spiro atoms. The maximum absolute atomic E-state index is 5.86. The second kappa shape index (κ2) is 3.49. The molecule has 0 radical (unpaired) electrons. The number of hydrogen-bond donors (Lipinski definition) is 1. The minimum atomic E-state index is 0.468. The lowest BCUT2D eigenvalue weighted by molar-refractivity contribution is 0.616. The molecule has 1 aromatic heterocycles. The van der Waals surface area contributed by atoms with Crippen LogP contribution in [0.4, 0.5) is 5.82 Å². The molecule has 5 heteroatoms. The molecule has 82 valence electrons. The Morgan fingerprint density at radius 1 is 1.25 bits per heavy atom. The Kier molecular flexibility index (Phi) is 2.11. The van der Waals surface area contributed by atoms with E-state index in [0.29, 0.717) is 16.9 Å². The van der Waals surface area contributed by atoms with Crippen LogP contribution in [0.15, 0.2) is 24.3 Å². The third-order valence-electron chi connectivity index (χ3n) is 2.73. The predicted molar refractivity (Wildman–Crippen MR) is 63.2 cm³/mol. The molecule has 1 fully saturated rings. The molecule has 1 aliphatic rings. The van der Waals surface area contributed by atoms with Gasteiger partial charge in [0.2, 0.25) is 0 Å². The van der Waals surface area contributed by atoms with Gasteiger partial charge < -0.3 is 5.73 Å². The largest absolute Gasteiger partial charge is 0.380 e. The van der Waals surface area contributed by atoms with Crippen LogP contribution < -0.4 is 5.73 Å². The van der Waals surface area contributed by atoms with Crippen LogP contribution in [0.2, 0.25) is 5.02 Å². The number of halogens is 1. The molecule has 0 bridgehead atoms. The highest BCUT2D eigenvalue weighted by Crippen LogP contribution is 2.39. The van der Waals surface area contributed by atoms with Crippen LogP contribution >= 0.6 is 11.6 Å². The third kappa shape index (κ3) is 1.55. The number of nitrogen functional groups attached to an aromatic ring is 1. The van der Waals surface area contributed by atoms with E-state index in [4.69, 9.17) is 17.3 Å². The number of aromatic nitrogens is 3. The normalized spacial score (nSPS) is 15.3. The molecular weight excluding hydrogens is 224 g/mol. The molecule has 0 unspecified atom stereocenters. The SMILES string of the molecule is Nc1nnn(C2CC2)c1-c1ccc(Cl)cc1. The van der Waals surface area contributed by atoms with Gasteiger partial charge in [0.05, 0.1) is 6.04 Å². The molecule has 0 amide bonds. The fourth-order valence-electron chi connectivity index (χ4n) is 1.77. The zero-order chi connectivity index (χ0) is 11.1. The number of benzene rings is 1. The average Bonchev–Trinajstić information content (AvgIpc) is 3.05. The summed E-state index contributed by atoms with van der Waals surface area (Å²) in [5.41, 5.74) is 7.76. The van der Waals surface area contributed by atoms with Crippen LogP contribution in [0.5, 0.6) is 0 Å². The van der Waals surface area contributed by atoms with Gasteiger partial charge in [0, 0.05) is 10.6 Å². The number of hydrogen-bond acceptors (Lipinski definition) is 3. The van der Waals surface area contributed by atoms with Crippen molar-refractivity contribution in [2.24, 2.45) is 0 Å². The average molecular weight is 235 g/mol. The Labute approximate surface area is 98.0 Å². The first-order valence-electron chi connectivity index (χ1n) is 5.22. The van der Waals surface area contributed by atoms with E-state index in [2.05, 4.69) is 10.3 Å². The molecule has 1 heterocycles. The van der Waals surface area contributed by atoms with Gasteiger partial charge in [-0.1, -0.05) is 28.9 Å². The zero-order valence-corrected chi connectivity index (χ0v) is 9.35. The fraction of sp³-hybridized carbons (Fsp3) is 0.273. The molecule has 0 saturated heterocycles. The van der Waals surface area contributed by atoms with Crippen LogP contribution in [-0.4, -0.2) is 15.0 Å². The summed E-state index contributed by atoms with van der Waals surface area (Å²) in [6.45, 7) is 0. The van der Waals surface area contributed by atoms with Gasteiger partial charge >= 0.3 is 0 Å². The lowest BCUT2D eigenvalue weighted by atomic mass is 10.1. The smallest absolute Gasteiger partial charge is 0.174 e. The quantitative estimate of drug-likeness (QED) is 0.869. The Morgan fingerprint density at radius 3 is 2.56 bits per heavy atom. The van der Waals surface area contributed by atoms with Gasteiger partial charge in [0.15, 0.2) is 5.82 Å². The summed E-state index contributed by atoms with van der Waals surface area (Å²) in [5.74, 6) is 0.481. The van der Waals surface area contributed by atoms with Gasteiger partial charge in [-0.15, -0.1) is 5.10 Å². The van der Waals surface area contributed by atoms with Gasteiger partial charge in [-0.25, -0.2) is 4.68 Å². The van der Waals surface area contributed by atoms with Gasteiger partial charge in [0.25, 0.3) is 0 Å². The molecule has 1 saturated carbocycles. The summed E-state index contributed by atoms with van der Waals surface area (Å²) in [4.78, 5) is 0. The summed E-state index contributed by atoms with van der Waals surface area (Å²) in [7, 11) is 0. The van der Waals surface area contributed by atoms with Crippen LogP contribution in [0, 0.1) is 0 Å². The molecule has 2 N–H and O–H groups in total. The van der Waals surface area contributed by atoms with E-state index in [9.17, 15) is 0 Å². The maximum atomic E-state index is 5.86. The molecule has 1 aromatic carbocycles. The molecule has 0 aliphatic heterocycles. The summed E-state index contributed by atoms with van der Waals surface area (Å²) in [6, 6.07) is 8.05. The van der Waals surface area contributed by atoms with Crippen LogP contribution in [0.25, 0.3) is 11.3 Å². The lowest BCUT2D eigenvalue weighted by Gasteiger charge is -2.05. The van der Waals surface area contributed by atoms with Crippen LogP contribution in [0.3, 0.4) is 0 Å². The molecule has 16 heavy (non-hydrogen) atoms. The summed E-state index contributed by atoms with van der Waals surface area (Å²) in [6.07, 6.45) is 2.31. The lowest BCUT2D eigenvalue weighted by Crippen LogP contribution is -2.00. The minimum Gasteiger partial charge on any atom is -0.380 e. The molecule has 0 atom stereocenters. The second-order valence-corrected chi connectivity index (χ2v) is 4.44. The number of anilines is 1. The standard InChI is InChI=1S/C11H11ClN4/c12-8-3-1-7(2-4-8)10-11(13)14-15-16(10)9-5-6-9/h1-4,9H,5-6,13H2. The highest BCUT2D eigenvalue weighted by molar-refractivity contribution is 6.30. The monoisotopic (exact) mass is 234 g/mol. The molecule has 2 aromatic rings. The van der Waals surface area contributed by atoms with Crippen molar-refractivity contribution in [3.63, 3.8) is 0 Å². The first-order chi connectivity index (χ1) is 7.75.